The number of fused-ring (bicyclic) bond motifs is 1. The van der Waals surface area contributed by atoms with E-state index in [-0.39, 0.29) is 23.8 Å². The molecular weight excluding hydrogens is 444 g/mol. The molecule has 9 heteroatoms. The number of amides is 1. The number of anilines is 1. The van der Waals surface area contributed by atoms with Crippen LogP contribution < -0.4 is 10.0 Å². The van der Waals surface area contributed by atoms with Crippen molar-refractivity contribution in [1.29, 1.82) is 5.26 Å². The summed E-state index contributed by atoms with van der Waals surface area (Å²) in [6.07, 6.45) is 0.0777. The molecule has 1 heterocycles. The highest BCUT2D eigenvalue weighted by Crippen LogP contribution is 2.31. The highest BCUT2D eigenvalue weighted by molar-refractivity contribution is 7.89. The van der Waals surface area contributed by atoms with Crippen LogP contribution in [-0.2, 0) is 10.0 Å². The van der Waals surface area contributed by atoms with E-state index in [2.05, 4.69) is 15.0 Å². The van der Waals surface area contributed by atoms with Gasteiger partial charge < -0.3 is 0 Å². The number of carbonyl (C=O) groups is 1. The monoisotopic (exact) mass is 462 g/mol. The van der Waals surface area contributed by atoms with Crippen molar-refractivity contribution in [2.45, 2.75) is 11.3 Å². The van der Waals surface area contributed by atoms with Crippen LogP contribution in [0, 0.1) is 11.3 Å². The number of hydrogen-bond acceptors (Lipinski definition) is 6. The lowest BCUT2D eigenvalue weighted by Crippen LogP contribution is -2.24. The zero-order valence-corrected chi connectivity index (χ0v) is 18.4. The molecule has 7 nitrogen and oxygen atoms in total. The number of sulfonamides is 1. The lowest BCUT2D eigenvalue weighted by atomic mass is 10.0. The van der Waals surface area contributed by atoms with Gasteiger partial charge in [-0.25, -0.2) is 18.1 Å². The number of benzene rings is 3. The van der Waals surface area contributed by atoms with Gasteiger partial charge in [-0.05, 0) is 35.0 Å². The van der Waals surface area contributed by atoms with E-state index in [0.29, 0.717) is 10.7 Å². The summed E-state index contributed by atoms with van der Waals surface area (Å²) in [6, 6.07) is 21.5. The summed E-state index contributed by atoms with van der Waals surface area (Å²) in [5.41, 5.74) is 2.06. The Hall–Kier alpha value is -3.58. The minimum Gasteiger partial charge on any atom is -0.298 e. The Bertz CT molecular complexity index is 1420. The van der Waals surface area contributed by atoms with Crippen LogP contribution in [-0.4, -0.2) is 25.9 Å². The summed E-state index contributed by atoms with van der Waals surface area (Å²) < 4.78 is 26.7. The zero-order chi connectivity index (χ0) is 22.6. The van der Waals surface area contributed by atoms with E-state index in [1.807, 2.05) is 53.9 Å². The molecule has 4 aromatic rings. The number of nitrogens with zero attached hydrogens (tertiary/aromatic N) is 2. The highest BCUT2D eigenvalue weighted by atomic mass is 32.2. The molecule has 0 aliphatic heterocycles. The van der Waals surface area contributed by atoms with Gasteiger partial charge in [-0.3, -0.25) is 10.1 Å². The van der Waals surface area contributed by atoms with E-state index < -0.39 is 10.0 Å². The smallest absolute Gasteiger partial charge is 0.257 e. The van der Waals surface area contributed by atoms with Crippen LogP contribution in [0.3, 0.4) is 0 Å². The van der Waals surface area contributed by atoms with Crippen molar-refractivity contribution in [2.75, 3.05) is 11.9 Å². The summed E-state index contributed by atoms with van der Waals surface area (Å²) in [7, 11) is -3.72. The Balaban J connectivity index is 1.48. The molecule has 1 aromatic heterocycles. The van der Waals surface area contributed by atoms with Crippen LogP contribution in [0.2, 0.25) is 0 Å². The normalized spacial score (nSPS) is 11.2. The number of rotatable bonds is 7. The molecule has 3 aromatic carbocycles. The molecule has 0 saturated carbocycles. The average Bonchev–Trinajstić information content (AvgIpc) is 3.27. The van der Waals surface area contributed by atoms with Crippen molar-refractivity contribution in [3.05, 3.63) is 77.7 Å². The summed E-state index contributed by atoms with van der Waals surface area (Å²) in [4.78, 5) is 17.2. The Morgan fingerprint density at radius 2 is 1.78 bits per heavy atom. The molecule has 2 N–H and O–H groups in total. The van der Waals surface area contributed by atoms with Crippen LogP contribution in [0.1, 0.15) is 16.8 Å². The summed E-state index contributed by atoms with van der Waals surface area (Å²) in [5.74, 6) is -0.384. The molecule has 0 spiro atoms. The van der Waals surface area contributed by atoms with Crippen LogP contribution in [0.4, 0.5) is 5.13 Å². The first-order valence-electron chi connectivity index (χ1n) is 9.69. The second kappa shape index (κ2) is 9.28. The molecule has 0 bridgehead atoms. The number of nitriles is 1. The Kier molecular flexibility index (Phi) is 6.28. The van der Waals surface area contributed by atoms with E-state index in [1.165, 1.54) is 35.6 Å². The van der Waals surface area contributed by atoms with Crippen molar-refractivity contribution in [2.24, 2.45) is 0 Å². The van der Waals surface area contributed by atoms with Gasteiger partial charge >= 0.3 is 0 Å². The largest absolute Gasteiger partial charge is 0.298 e. The van der Waals surface area contributed by atoms with Crippen LogP contribution in [0.5, 0.6) is 0 Å². The van der Waals surface area contributed by atoms with E-state index in [1.54, 1.807) is 0 Å². The summed E-state index contributed by atoms with van der Waals surface area (Å²) >= 11 is 1.32. The molecule has 1 amide bonds. The van der Waals surface area contributed by atoms with E-state index in [9.17, 15) is 13.2 Å². The molecule has 0 fully saturated rings. The lowest BCUT2D eigenvalue weighted by Gasteiger charge is -2.06. The summed E-state index contributed by atoms with van der Waals surface area (Å²) in [6.45, 7) is 0.0319. The number of thiazole rings is 1. The molecule has 0 atom stereocenters. The first-order valence-corrected chi connectivity index (χ1v) is 12.1. The second-order valence-corrected chi connectivity index (χ2v) is 9.47. The number of carbonyl (C=O) groups excluding carboxylic acids is 1. The third kappa shape index (κ3) is 4.68. The number of aromatic nitrogens is 1. The predicted molar refractivity (Wildman–Crippen MR) is 125 cm³/mol. The van der Waals surface area contributed by atoms with Gasteiger partial charge in [0.2, 0.25) is 10.0 Å². The molecule has 32 heavy (non-hydrogen) atoms. The molecule has 160 valence electrons. The molecule has 0 aliphatic carbocycles. The van der Waals surface area contributed by atoms with Gasteiger partial charge in [0.25, 0.3) is 5.91 Å². The highest BCUT2D eigenvalue weighted by Gasteiger charge is 2.15. The Labute approximate surface area is 189 Å². The van der Waals surface area contributed by atoms with Crippen LogP contribution in [0.25, 0.3) is 22.0 Å². The van der Waals surface area contributed by atoms with E-state index >= 15 is 0 Å². The van der Waals surface area contributed by atoms with Gasteiger partial charge in [0, 0.05) is 29.5 Å². The van der Waals surface area contributed by atoms with Gasteiger partial charge in [-0.2, -0.15) is 5.26 Å². The van der Waals surface area contributed by atoms with Gasteiger partial charge in [-0.1, -0.05) is 42.5 Å². The maximum absolute atomic E-state index is 12.6. The van der Waals surface area contributed by atoms with Crippen LogP contribution in [0.15, 0.2) is 77.0 Å². The second-order valence-electron chi connectivity index (χ2n) is 6.85. The molecule has 4 rings (SSSR count). The molecule has 0 unspecified atom stereocenters. The number of nitrogens with one attached hydrogen (secondary N) is 2. The minimum atomic E-state index is -3.72. The van der Waals surface area contributed by atoms with Crippen molar-refractivity contribution in [3.63, 3.8) is 0 Å². The third-order valence-electron chi connectivity index (χ3n) is 4.75. The first kappa shape index (κ1) is 21.6. The van der Waals surface area contributed by atoms with Crippen molar-refractivity contribution in [1.82, 2.24) is 9.71 Å². The Morgan fingerprint density at radius 3 is 2.56 bits per heavy atom. The molecule has 0 aliphatic rings. The maximum Gasteiger partial charge on any atom is 0.257 e. The third-order valence-corrected chi connectivity index (χ3v) is 6.98. The fraction of sp³-hybridized carbons (Fsp3) is 0.0870. The van der Waals surface area contributed by atoms with Gasteiger partial charge in [0.15, 0.2) is 5.13 Å². The van der Waals surface area contributed by atoms with Gasteiger partial charge in [0.1, 0.15) is 0 Å². The quantitative estimate of drug-likeness (QED) is 0.395. The van der Waals surface area contributed by atoms with E-state index in [4.69, 9.17) is 5.26 Å². The lowest BCUT2D eigenvalue weighted by molar-refractivity contribution is 0.102. The number of hydrogen-bond donors (Lipinski definition) is 2. The van der Waals surface area contributed by atoms with Crippen molar-refractivity contribution < 1.29 is 13.2 Å². The zero-order valence-electron chi connectivity index (χ0n) is 16.8. The van der Waals surface area contributed by atoms with Crippen LogP contribution >= 0.6 is 11.3 Å². The Morgan fingerprint density at radius 1 is 1.03 bits per heavy atom. The van der Waals surface area contributed by atoms with E-state index in [0.717, 1.165) is 22.0 Å². The van der Waals surface area contributed by atoms with Gasteiger partial charge in [0.05, 0.1) is 16.7 Å². The van der Waals surface area contributed by atoms with Crippen molar-refractivity contribution in [3.8, 4) is 17.3 Å². The SMILES string of the molecule is N#CCCNS(=O)(=O)c1ccc(C(=O)Nc2nc(-c3cccc4ccccc34)cs2)cc1. The van der Waals surface area contributed by atoms with Crippen molar-refractivity contribution >= 4 is 43.2 Å². The fourth-order valence-electron chi connectivity index (χ4n) is 3.18. The van der Waals surface area contributed by atoms with Gasteiger partial charge in [-0.15, -0.1) is 11.3 Å². The minimum absolute atomic E-state index is 0.0273. The standard InChI is InChI=1S/C23H18N4O3S2/c24-13-4-14-25-32(29,30)18-11-9-17(10-12-18)22(28)27-23-26-21(15-31-23)20-8-3-6-16-5-1-2-7-19(16)20/h1-3,5-12,15,25H,4,14H2,(H,26,27,28). The fourth-order valence-corrected chi connectivity index (χ4v) is 4.92. The molecule has 0 radical (unpaired) electrons. The summed E-state index contributed by atoms with van der Waals surface area (Å²) in [5, 5.41) is 15.8. The first-order chi connectivity index (χ1) is 15.5. The maximum atomic E-state index is 12.6. The molecule has 0 saturated heterocycles. The average molecular weight is 463 g/mol. The predicted octanol–water partition coefficient (Wildman–Crippen LogP) is 4.41. The molecular formula is C23H18N4O3S2. The topological polar surface area (TPSA) is 112 Å².